The van der Waals surface area contributed by atoms with Crippen molar-refractivity contribution < 1.29 is 13.2 Å². The SMILES string of the molecule is CN(CCCCC(F)(F)P)CC1=CCCC=C1F. The number of halogens is 3. The van der Waals surface area contributed by atoms with Gasteiger partial charge in [0.05, 0.1) is 0 Å². The van der Waals surface area contributed by atoms with Crippen molar-refractivity contribution in [3.05, 3.63) is 23.6 Å². The summed E-state index contributed by atoms with van der Waals surface area (Å²) in [5, 5.41) is 0. The maximum atomic E-state index is 13.4. The molecule has 1 unspecified atom stereocenters. The minimum atomic E-state index is -2.65. The average molecular weight is 279 g/mol. The van der Waals surface area contributed by atoms with Gasteiger partial charge in [-0.15, -0.1) is 0 Å². The second-order valence-electron chi connectivity index (χ2n) is 4.81. The van der Waals surface area contributed by atoms with E-state index < -0.39 is 5.66 Å². The van der Waals surface area contributed by atoms with Gasteiger partial charge in [-0.05, 0) is 50.9 Å². The summed E-state index contributed by atoms with van der Waals surface area (Å²) in [6.07, 6.45) is 6.26. The molecule has 1 aliphatic carbocycles. The summed E-state index contributed by atoms with van der Waals surface area (Å²) in [5.74, 6) is -0.135. The van der Waals surface area contributed by atoms with E-state index in [0.29, 0.717) is 25.9 Å². The third-order valence-corrected chi connectivity index (χ3v) is 3.22. The smallest absolute Gasteiger partial charge is 0.259 e. The van der Waals surface area contributed by atoms with E-state index in [4.69, 9.17) is 0 Å². The predicted octanol–water partition coefficient (Wildman–Crippen LogP) is 4.13. The van der Waals surface area contributed by atoms with Gasteiger partial charge in [-0.1, -0.05) is 15.3 Å². The highest BCUT2D eigenvalue weighted by atomic mass is 31.0. The van der Waals surface area contributed by atoms with Gasteiger partial charge < -0.3 is 4.90 Å². The molecule has 1 nitrogen and oxygen atoms in total. The lowest BCUT2D eigenvalue weighted by Crippen LogP contribution is -2.23. The Hall–Kier alpha value is -0.340. The molecule has 0 amide bonds. The van der Waals surface area contributed by atoms with E-state index in [9.17, 15) is 13.2 Å². The van der Waals surface area contributed by atoms with Crippen molar-refractivity contribution in [1.29, 1.82) is 0 Å². The maximum Gasteiger partial charge on any atom is 0.259 e. The fourth-order valence-electron chi connectivity index (χ4n) is 1.95. The van der Waals surface area contributed by atoms with Crippen LogP contribution in [-0.2, 0) is 0 Å². The number of nitrogens with zero attached hydrogens (tertiary/aromatic N) is 1. The highest BCUT2D eigenvalue weighted by molar-refractivity contribution is 7.18. The van der Waals surface area contributed by atoms with Gasteiger partial charge in [0.1, 0.15) is 5.83 Å². The van der Waals surface area contributed by atoms with Gasteiger partial charge in [-0.3, -0.25) is 0 Å². The van der Waals surface area contributed by atoms with Gasteiger partial charge in [0.2, 0.25) is 0 Å². The normalized spacial score (nSPS) is 16.8. The zero-order chi connectivity index (χ0) is 13.6. The molecule has 5 heteroatoms. The number of allylic oxidation sites excluding steroid dienone is 2. The molecular weight excluding hydrogens is 258 g/mol. The number of hydrogen-bond donors (Lipinski definition) is 0. The monoisotopic (exact) mass is 279 g/mol. The van der Waals surface area contributed by atoms with Crippen LogP contribution in [0, 0.1) is 0 Å². The molecule has 0 aromatic heterocycles. The summed E-state index contributed by atoms with van der Waals surface area (Å²) >= 11 is 0. The van der Waals surface area contributed by atoms with E-state index in [-0.39, 0.29) is 12.2 Å². The maximum absolute atomic E-state index is 13.4. The van der Waals surface area contributed by atoms with Crippen LogP contribution in [0.3, 0.4) is 0 Å². The number of likely N-dealkylation sites (N-methyl/N-ethyl adjacent to an activating group) is 1. The Kier molecular flexibility index (Phi) is 6.37. The fourth-order valence-corrected chi connectivity index (χ4v) is 2.15. The molecule has 0 fully saturated rings. The number of alkyl halides is 2. The van der Waals surface area contributed by atoms with Gasteiger partial charge in [0, 0.05) is 13.0 Å². The molecule has 104 valence electrons. The summed E-state index contributed by atoms with van der Waals surface area (Å²) in [5.41, 5.74) is -1.93. The molecule has 0 aromatic rings. The Bertz CT molecular complexity index is 321. The van der Waals surface area contributed by atoms with E-state index in [1.165, 1.54) is 0 Å². The first-order valence-corrected chi connectivity index (χ1v) is 6.86. The molecule has 1 atom stereocenters. The van der Waals surface area contributed by atoms with Crippen LogP contribution in [0.25, 0.3) is 0 Å². The van der Waals surface area contributed by atoms with Gasteiger partial charge in [-0.25, -0.2) is 13.2 Å². The number of hydrogen-bond acceptors (Lipinski definition) is 1. The van der Waals surface area contributed by atoms with Crippen LogP contribution in [0.1, 0.15) is 32.1 Å². The van der Waals surface area contributed by atoms with Gasteiger partial charge in [0.25, 0.3) is 5.66 Å². The van der Waals surface area contributed by atoms with Gasteiger partial charge in [-0.2, -0.15) is 0 Å². The average Bonchev–Trinajstić information content (AvgIpc) is 2.26. The predicted molar refractivity (Wildman–Crippen MR) is 72.5 cm³/mol. The minimum absolute atomic E-state index is 0.109. The van der Waals surface area contributed by atoms with Crippen LogP contribution in [-0.4, -0.2) is 30.7 Å². The second kappa shape index (κ2) is 7.30. The Morgan fingerprint density at radius 2 is 1.94 bits per heavy atom. The highest BCUT2D eigenvalue weighted by Gasteiger charge is 2.20. The number of unbranched alkanes of at least 4 members (excludes halogenated alkanes) is 1. The molecular formula is C13H21F3NP. The van der Waals surface area contributed by atoms with Crippen LogP contribution in [0.5, 0.6) is 0 Å². The fraction of sp³-hybridized carbons (Fsp3) is 0.692. The molecule has 1 rings (SSSR count). The largest absolute Gasteiger partial charge is 0.302 e. The van der Waals surface area contributed by atoms with Crippen LogP contribution >= 0.6 is 9.24 Å². The summed E-state index contributed by atoms with van der Waals surface area (Å²) < 4.78 is 38.5. The lowest BCUT2D eigenvalue weighted by atomic mass is 10.1. The highest BCUT2D eigenvalue weighted by Crippen LogP contribution is 2.28. The zero-order valence-electron chi connectivity index (χ0n) is 10.8. The first kappa shape index (κ1) is 15.7. The Morgan fingerprint density at radius 3 is 2.56 bits per heavy atom. The first-order chi connectivity index (χ1) is 8.38. The summed E-state index contributed by atoms with van der Waals surface area (Å²) in [4.78, 5) is 1.98. The van der Waals surface area contributed by atoms with E-state index >= 15 is 0 Å². The molecule has 0 saturated carbocycles. The molecule has 0 saturated heterocycles. The van der Waals surface area contributed by atoms with Crippen molar-refractivity contribution in [2.24, 2.45) is 0 Å². The van der Waals surface area contributed by atoms with E-state index in [2.05, 4.69) is 0 Å². The molecule has 0 spiro atoms. The molecule has 0 heterocycles. The summed E-state index contributed by atoms with van der Waals surface area (Å²) in [7, 11) is 3.45. The van der Waals surface area contributed by atoms with E-state index in [1.54, 1.807) is 15.3 Å². The summed E-state index contributed by atoms with van der Waals surface area (Å²) in [6, 6.07) is 0. The Balaban J connectivity index is 2.20. The Labute approximate surface area is 109 Å². The van der Waals surface area contributed by atoms with Crippen molar-refractivity contribution >= 4 is 9.24 Å². The molecule has 0 bridgehead atoms. The quantitative estimate of drug-likeness (QED) is 0.500. The van der Waals surface area contributed by atoms with Crippen LogP contribution in [0.4, 0.5) is 13.2 Å². The number of rotatable bonds is 7. The molecule has 18 heavy (non-hydrogen) atoms. The molecule has 0 aromatic carbocycles. The Morgan fingerprint density at radius 1 is 1.28 bits per heavy atom. The van der Waals surface area contributed by atoms with Crippen LogP contribution in [0.2, 0.25) is 0 Å². The topological polar surface area (TPSA) is 3.24 Å². The van der Waals surface area contributed by atoms with Gasteiger partial charge in [0.15, 0.2) is 0 Å². The summed E-state index contributed by atoms with van der Waals surface area (Å²) in [6.45, 7) is 1.27. The van der Waals surface area contributed by atoms with Crippen LogP contribution < -0.4 is 0 Å². The van der Waals surface area contributed by atoms with Crippen molar-refractivity contribution in [1.82, 2.24) is 4.90 Å². The minimum Gasteiger partial charge on any atom is -0.302 e. The van der Waals surface area contributed by atoms with Crippen molar-refractivity contribution in [2.75, 3.05) is 20.1 Å². The van der Waals surface area contributed by atoms with Crippen molar-refractivity contribution in [3.63, 3.8) is 0 Å². The van der Waals surface area contributed by atoms with E-state index in [1.807, 2.05) is 18.0 Å². The third-order valence-electron chi connectivity index (χ3n) is 2.93. The molecule has 0 N–H and O–H groups in total. The lowest BCUT2D eigenvalue weighted by Gasteiger charge is -2.20. The van der Waals surface area contributed by atoms with Crippen molar-refractivity contribution in [2.45, 2.75) is 37.8 Å². The van der Waals surface area contributed by atoms with E-state index in [0.717, 1.165) is 18.4 Å². The molecule has 0 aliphatic heterocycles. The standard InChI is InChI=1S/C13H21F3NP/c1-17(9-5-4-8-13(15,16)18)10-11-6-2-3-7-12(11)14/h6-7H,2-5,8-10,18H2,1H3. The zero-order valence-corrected chi connectivity index (χ0v) is 11.9. The second-order valence-corrected chi connectivity index (χ2v) is 5.66. The first-order valence-electron chi connectivity index (χ1n) is 6.29. The molecule has 0 radical (unpaired) electrons. The lowest BCUT2D eigenvalue weighted by molar-refractivity contribution is 0.0902. The van der Waals surface area contributed by atoms with Gasteiger partial charge >= 0.3 is 0 Å². The molecule has 1 aliphatic rings. The third kappa shape index (κ3) is 6.55. The van der Waals surface area contributed by atoms with Crippen LogP contribution in [0.15, 0.2) is 23.6 Å². The van der Waals surface area contributed by atoms with Crippen molar-refractivity contribution in [3.8, 4) is 0 Å².